The van der Waals surface area contributed by atoms with Crippen molar-refractivity contribution >= 4 is 158 Å². The second-order valence-corrected chi connectivity index (χ2v) is 29.8. The van der Waals surface area contributed by atoms with E-state index in [9.17, 15) is 95.9 Å². The molecular formula is C83H76ClN19O23. The highest BCUT2D eigenvalue weighted by atomic mass is 35.5. The van der Waals surface area contributed by atoms with Crippen molar-refractivity contribution < 1.29 is 110 Å². The molecule has 5 aromatic carbocycles. The normalized spacial score (nSPS) is 19.4. The van der Waals surface area contributed by atoms with Crippen molar-refractivity contribution in [3.8, 4) is 24.7 Å². The number of rotatable bonds is 17. The number of imide groups is 3. The van der Waals surface area contributed by atoms with E-state index in [0.29, 0.717) is 91.5 Å². The Hall–Kier alpha value is -15.8. The number of hydrogen-bond acceptors (Lipinski definition) is 27. The summed E-state index contributed by atoms with van der Waals surface area (Å²) in [6, 6.07) is 21.3. The van der Waals surface area contributed by atoms with Crippen molar-refractivity contribution in [2.75, 3.05) is 46.8 Å². The number of carbonyl (C=O) groups is 20. The number of carbonyl (C=O) groups excluding carboxylic acids is 20. The number of Topliss-reactive ketones (excluding diaryl/α,β-unsaturated/α-hetero) is 4. The number of anilines is 5. The van der Waals surface area contributed by atoms with Crippen LogP contribution < -0.4 is 43.0 Å². The molecule has 126 heavy (non-hydrogen) atoms. The van der Waals surface area contributed by atoms with Crippen LogP contribution in [0.3, 0.4) is 0 Å². The number of ether oxygens (including phenoxy) is 3. The summed E-state index contributed by atoms with van der Waals surface area (Å²) in [6.07, 6.45) is 11.8. The van der Waals surface area contributed by atoms with Crippen LogP contribution >= 0.6 is 11.6 Å². The van der Waals surface area contributed by atoms with Crippen LogP contribution in [0.5, 0.6) is 0 Å². The van der Waals surface area contributed by atoms with Gasteiger partial charge < -0.3 is 55.1 Å². The first-order valence-corrected chi connectivity index (χ1v) is 39.4. The Morgan fingerprint density at radius 2 is 0.825 bits per heavy atom. The molecule has 43 heteroatoms. The Bertz CT molecular complexity index is 5770. The zero-order valence-electron chi connectivity index (χ0n) is 66.6. The summed E-state index contributed by atoms with van der Waals surface area (Å²) < 4.78 is 15.4. The Labute approximate surface area is 718 Å². The third-order valence-electron chi connectivity index (χ3n) is 21.5. The topological polar surface area (TPSA) is 575 Å². The van der Waals surface area contributed by atoms with E-state index in [0.717, 1.165) is 5.56 Å². The summed E-state index contributed by atoms with van der Waals surface area (Å²) in [5.41, 5.74) is 20.8. The molecule has 5 atom stereocenters. The summed E-state index contributed by atoms with van der Waals surface area (Å²) in [5, 5.41) is 28.4. The predicted molar refractivity (Wildman–Crippen MR) is 435 cm³/mol. The van der Waals surface area contributed by atoms with Gasteiger partial charge in [0.2, 0.25) is 47.3 Å². The van der Waals surface area contributed by atoms with Gasteiger partial charge in [-0.3, -0.25) is 108 Å². The van der Waals surface area contributed by atoms with Gasteiger partial charge in [-0.15, -0.1) is 17.9 Å². The van der Waals surface area contributed by atoms with E-state index in [-0.39, 0.29) is 206 Å². The number of fused-ring (bicyclic) bond motifs is 5. The van der Waals surface area contributed by atoms with Crippen molar-refractivity contribution in [2.45, 2.75) is 153 Å². The zero-order valence-corrected chi connectivity index (χ0v) is 67.4. The van der Waals surface area contributed by atoms with Crippen LogP contribution in [0.4, 0.5) is 42.8 Å². The molecule has 6 aromatic rings. The predicted octanol–water partition coefficient (Wildman–Crippen LogP) is 4.31. The van der Waals surface area contributed by atoms with Crippen LogP contribution in [0.15, 0.2) is 102 Å². The van der Waals surface area contributed by atoms with Gasteiger partial charge in [-0.2, -0.15) is 0 Å². The molecule has 15 amide bonds. The number of nitrogens with two attached hydrogens (primary N) is 1. The highest BCUT2D eigenvalue weighted by Crippen LogP contribution is 2.39. The standard InChI is InChI=1S/C34H31N7O9.C17H15N3O5.C15H14N6O4.C13H13N3O3.C4H3ClO2/c42-19-7-9-27(29(44)11-19)40-14-23-21(32(40)47)3-1-5-25(23)35-31(46)16-39-13-18(37-38-39)17-50-34(49)36-26-6-2-4-22-24(26)15-41(33(22)48)28-10-8-20(43)12-30(28)45;1-2-8-25-17(24)18-12-5-3-4-10-11(12)9-20(16(10)23)13-6-7-14(21)19-15(13)22;16-20-17-6-13(23)18-10-3-1-2-8-9(10)7-21(15(8)25)11-4-5-12(22)19-14(11)24;14-9-3-1-2-7-8(9)6-16(13(7)19)10-4-5-11(17)15-12(10)18;1-2-3-7-4(5)6/h1-6,13,27-28H,7-12,14-17H2,(H,35,46)(H,36,49);1,3-5,13H,6-9H2,(H,18,24)(H,19,21,22);1-3,11H,4-7H2,(H,18,23)(H,19,22,24);1-3,10H,4-6,14H2,(H,15,17,18);1H,3H2. The first-order valence-electron chi connectivity index (χ1n) is 39.0. The molecule has 1 aromatic heterocycles. The van der Waals surface area contributed by atoms with Gasteiger partial charge in [0.05, 0.1) is 31.1 Å². The highest BCUT2D eigenvalue weighted by Gasteiger charge is 2.46. The monoisotopic (exact) mass is 1740 g/mol. The number of hydrogen-bond donors (Lipinski definition) is 8. The minimum absolute atomic E-state index is 0.0532. The molecule has 16 rings (SSSR count). The van der Waals surface area contributed by atoms with Crippen LogP contribution in [0.1, 0.15) is 162 Å². The fourth-order valence-corrected chi connectivity index (χ4v) is 15.6. The average Bonchev–Trinajstić information content (AvgIpc) is 1.64. The number of terminal acetylenes is 2. The molecule has 9 N–H and O–H groups in total. The molecule has 5 fully saturated rings. The molecule has 9 heterocycles. The average molecular weight is 1740 g/mol. The van der Waals surface area contributed by atoms with Crippen molar-refractivity contribution in [2.24, 2.45) is 5.11 Å². The lowest BCUT2D eigenvalue weighted by Crippen LogP contribution is -2.52. The summed E-state index contributed by atoms with van der Waals surface area (Å²) in [6.45, 7) is -0.206. The number of azide groups is 1. The van der Waals surface area contributed by atoms with Gasteiger partial charge in [-0.1, -0.05) is 52.5 Å². The third-order valence-corrected chi connectivity index (χ3v) is 21.6. The molecule has 3 saturated heterocycles. The molecule has 5 unspecified atom stereocenters. The Morgan fingerprint density at radius 1 is 0.476 bits per heavy atom. The molecular weight excluding hydrogens is 1670 g/mol. The van der Waals surface area contributed by atoms with E-state index in [4.69, 9.17) is 45.2 Å². The SMILES string of the molecule is C#CCOC(=O)Cl.C#CCOC(=O)Nc1cccc2c1CN(C1CCC(=O)NC1=O)C2=O.Nc1cccc2c1CN(C1CCC(=O)NC1=O)C2=O.O=C1CCC(N2Cc3c(NC(=O)Cn4cc(COC(=O)Nc5cccc6c5CN(C5CCC(=O)CC5=O)C6=O)nn4)cccc3C2=O)C(=O)C1.[N-]=[N+]=NCC(=O)Nc1cccc2c1CN(C1CCC(=O)NC1=O)C2=O. The maximum Gasteiger partial charge on any atom is 0.412 e. The zero-order chi connectivity index (χ0) is 90.3. The Balaban J connectivity index is 0.000000160. The molecule has 8 aliphatic heterocycles. The summed E-state index contributed by atoms with van der Waals surface area (Å²) in [5.74, 6) is -1.41. The van der Waals surface area contributed by atoms with Gasteiger partial charge in [0, 0.05) is 165 Å². The van der Waals surface area contributed by atoms with Crippen molar-refractivity contribution in [1.29, 1.82) is 0 Å². The van der Waals surface area contributed by atoms with Gasteiger partial charge in [-0.05, 0) is 98.3 Å². The van der Waals surface area contributed by atoms with Crippen LogP contribution in [-0.2, 0) is 118 Å². The fourth-order valence-electron chi connectivity index (χ4n) is 15.6. The maximum atomic E-state index is 13.1. The van der Waals surface area contributed by atoms with Crippen molar-refractivity contribution in [3.05, 3.63) is 169 Å². The van der Waals surface area contributed by atoms with E-state index in [1.165, 1.54) is 35.4 Å². The lowest BCUT2D eigenvalue weighted by atomic mass is 9.92. The number of nitrogens with one attached hydrogen (secondary N) is 7. The van der Waals surface area contributed by atoms with Crippen molar-refractivity contribution in [1.82, 2.24) is 55.4 Å². The number of aromatic nitrogens is 3. The van der Waals surface area contributed by atoms with E-state index in [1.807, 2.05) is 0 Å². The van der Waals surface area contributed by atoms with Gasteiger partial charge in [-0.25, -0.2) is 19.1 Å². The molecule has 0 bridgehead atoms. The molecule has 2 saturated carbocycles. The Kier molecular flexibility index (Phi) is 28.2. The first kappa shape index (κ1) is 89.4. The van der Waals surface area contributed by atoms with Crippen LogP contribution in [0, 0.1) is 24.7 Å². The molecule has 0 spiro atoms. The minimum Gasteiger partial charge on any atom is -0.443 e. The highest BCUT2D eigenvalue weighted by molar-refractivity contribution is 6.61. The summed E-state index contributed by atoms with van der Waals surface area (Å²) in [7, 11) is 0. The molecule has 10 aliphatic rings. The number of halogens is 1. The number of ketones is 4. The lowest BCUT2D eigenvalue weighted by molar-refractivity contribution is -0.138. The molecule has 648 valence electrons. The first-order chi connectivity index (χ1) is 60.4. The van der Waals surface area contributed by atoms with E-state index < -0.39 is 77.4 Å². The van der Waals surface area contributed by atoms with Gasteiger partial charge in [0.15, 0.2) is 24.8 Å². The molecule has 42 nitrogen and oxygen atoms in total. The largest absolute Gasteiger partial charge is 0.443 e. The quantitative estimate of drug-likeness (QED) is 0.00725. The van der Waals surface area contributed by atoms with Crippen LogP contribution in [0.25, 0.3) is 10.4 Å². The second-order valence-electron chi connectivity index (χ2n) is 29.5. The van der Waals surface area contributed by atoms with Crippen LogP contribution in [0.2, 0.25) is 0 Å². The minimum atomic E-state index is -0.863. The second kappa shape index (κ2) is 39.8. The van der Waals surface area contributed by atoms with E-state index >= 15 is 0 Å². The number of benzene rings is 5. The lowest BCUT2D eigenvalue weighted by Gasteiger charge is -2.29. The summed E-state index contributed by atoms with van der Waals surface area (Å²) >= 11 is 4.70. The van der Waals surface area contributed by atoms with Gasteiger partial charge >= 0.3 is 17.6 Å². The molecule has 0 radical (unpaired) electrons. The number of nitrogen functional groups attached to an aromatic ring is 1. The Morgan fingerprint density at radius 3 is 1.19 bits per heavy atom. The third kappa shape index (κ3) is 20.7. The summed E-state index contributed by atoms with van der Waals surface area (Å²) in [4.78, 5) is 250. The number of nitrogens with zero attached hydrogens (tertiary/aromatic N) is 11. The smallest absolute Gasteiger partial charge is 0.412 e. The van der Waals surface area contributed by atoms with E-state index in [1.54, 1.807) is 91.0 Å². The van der Waals surface area contributed by atoms with Gasteiger partial charge in [0.1, 0.15) is 55.1 Å². The number of piperidine rings is 3. The van der Waals surface area contributed by atoms with Gasteiger partial charge in [0.25, 0.3) is 29.5 Å². The number of amides is 15. The van der Waals surface area contributed by atoms with Crippen LogP contribution in [-0.4, -0.2) is 207 Å². The van der Waals surface area contributed by atoms with E-state index in [2.05, 4.69) is 74.1 Å². The maximum absolute atomic E-state index is 13.1. The fraction of sp³-hybridized carbons (Fsp3) is 0.325. The molecule has 2 aliphatic carbocycles. The van der Waals surface area contributed by atoms with Crippen molar-refractivity contribution in [3.63, 3.8) is 0 Å².